The fraction of sp³-hybridized carbons (Fsp3) is 0.714. The third-order valence-electron chi connectivity index (χ3n) is 3.71. The predicted molar refractivity (Wildman–Crippen MR) is 74.6 cm³/mol. The molecule has 1 heterocycles. The lowest BCUT2D eigenvalue weighted by molar-refractivity contribution is -0.149. The summed E-state index contributed by atoms with van der Waals surface area (Å²) in [6.45, 7) is 4.52. The van der Waals surface area contributed by atoms with Crippen molar-refractivity contribution >= 4 is 23.4 Å². The Labute approximate surface area is 119 Å². The third-order valence-corrected chi connectivity index (χ3v) is 3.88. The van der Waals surface area contributed by atoms with E-state index in [9.17, 15) is 9.59 Å². The van der Waals surface area contributed by atoms with Crippen molar-refractivity contribution in [2.75, 3.05) is 6.54 Å². The second kappa shape index (κ2) is 5.95. The van der Waals surface area contributed by atoms with Crippen LogP contribution in [0.3, 0.4) is 0 Å². The van der Waals surface area contributed by atoms with E-state index < -0.39 is 0 Å². The molecule has 2 rings (SSSR count). The Morgan fingerprint density at radius 1 is 1.42 bits per heavy atom. The number of carbonyl (C=O) groups excluding carboxylic acids is 2. The van der Waals surface area contributed by atoms with Gasteiger partial charge in [0.2, 0.25) is 11.8 Å². The van der Waals surface area contributed by atoms with Gasteiger partial charge in [0.05, 0.1) is 0 Å². The molecule has 2 aliphatic rings. The maximum Gasteiger partial charge on any atom is 0.246 e. The molecule has 2 unspecified atom stereocenters. The van der Waals surface area contributed by atoms with Gasteiger partial charge in [0.15, 0.2) is 0 Å². The van der Waals surface area contributed by atoms with Crippen LogP contribution in [0.15, 0.2) is 11.6 Å². The van der Waals surface area contributed by atoms with Crippen LogP contribution >= 0.6 is 11.6 Å². The molecule has 1 N–H and O–H groups in total. The minimum atomic E-state index is -0.365. The van der Waals surface area contributed by atoms with Gasteiger partial charge in [0.1, 0.15) is 12.1 Å². The molecule has 1 aliphatic heterocycles. The molecule has 0 spiro atoms. The van der Waals surface area contributed by atoms with Crippen LogP contribution in [0.1, 0.15) is 33.1 Å². The zero-order valence-electron chi connectivity index (χ0n) is 11.4. The molecule has 1 saturated heterocycles. The Morgan fingerprint density at radius 3 is 2.63 bits per heavy atom. The highest BCUT2D eigenvalue weighted by Gasteiger charge is 2.46. The Kier molecular flexibility index (Phi) is 4.50. The van der Waals surface area contributed by atoms with Crippen molar-refractivity contribution in [2.24, 2.45) is 11.8 Å². The summed E-state index contributed by atoms with van der Waals surface area (Å²) in [7, 11) is 0. The Morgan fingerprint density at radius 2 is 2.11 bits per heavy atom. The molecule has 0 aromatic heterocycles. The number of hydrogen-bond acceptors (Lipinski definition) is 2. The number of rotatable bonds is 5. The lowest BCUT2D eigenvalue weighted by Gasteiger charge is -2.39. The minimum absolute atomic E-state index is 0.0202. The summed E-state index contributed by atoms with van der Waals surface area (Å²) in [4.78, 5) is 26.4. The zero-order chi connectivity index (χ0) is 14.0. The molecule has 2 amide bonds. The molecule has 2 atom stereocenters. The molecule has 0 bridgehead atoms. The van der Waals surface area contributed by atoms with Crippen LogP contribution in [0.5, 0.6) is 0 Å². The first kappa shape index (κ1) is 14.4. The summed E-state index contributed by atoms with van der Waals surface area (Å²) in [6, 6.07) is -0.685. The summed E-state index contributed by atoms with van der Waals surface area (Å²) < 4.78 is 0. The van der Waals surface area contributed by atoms with Crippen molar-refractivity contribution in [1.82, 2.24) is 10.2 Å². The highest BCUT2D eigenvalue weighted by Crippen LogP contribution is 2.35. The fourth-order valence-electron chi connectivity index (χ4n) is 2.59. The Hall–Kier alpha value is -1.03. The maximum absolute atomic E-state index is 12.5. The lowest BCUT2D eigenvalue weighted by atomic mass is 9.96. The second-order valence-corrected chi connectivity index (χ2v) is 6.07. The quantitative estimate of drug-likeness (QED) is 0.838. The predicted octanol–water partition coefficient (Wildman–Crippen LogP) is 1.89. The first-order valence-electron chi connectivity index (χ1n) is 6.90. The number of carbonyl (C=O) groups is 2. The standard InChI is InChI=1S/C14H21ClN2O2/c1-9(2)8-11-13(18)16-12(10-4-5-10)14(19)17(11)7-3-6-15/h3,6,9-12H,4-5,7-8H2,1-2H3,(H,16,18)/b6-3+. The van der Waals surface area contributed by atoms with Gasteiger partial charge in [0.25, 0.3) is 0 Å². The first-order chi connectivity index (χ1) is 9.04. The van der Waals surface area contributed by atoms with Crippen LogP contribution in [0.4, 0.5) is 0 Å². The molecule has 4 nitrogen and oxygen atoms in total. The molecular formula is C14H21ClN2O2. The van der Waals surface area contributed by atoms with Crippen LogP contribution in [0, 0.1) is 11.8 Å². The first-order valence-corrected chi connectivity index (χ1v) is 7.34. The lowest BCUT2D eigenvalue weighted by Crippen LogP contribution is -2.64. The van der Waals surface area contributed by atoms with E-state index in [1.807, 2.05) is 0 Å². The number of piperazine rings is 1. The summed E-state index contributed by atoms with van der Waals surface area (Å²) in [6.07, 6.45) is 4.47. The number of hydrogen-bond donors (Lipinski definition) is 1. The molecule has 19 heavy (non-hydrogen) atoms. The van der Waals surface area contributed by atoms with E-state index in [-0.39, 0.29) is 23.9 Å². The number of amides is 2. The molecule has 1 aliphatic carbocycles. The van der Waals surface area contributed by atoms with Crippen LogP contribution in [-0.2, 0) is 9.59 Å². The second-order valence-electron chi connectivity index (χ2n) is 5.82. The van der Waals surface area contributed by atoms with E-state index >= 15 is 0 Å². The van der Waals surface area contributed by atoms with E-state index in [2.05, 4.69) is 19.2 Å². The maximum atomic E-state index is 12.5. The van der Waals surface area contributed by atoms with E-state index in [0.29, 0.717) is 24.8 Å². The van der Waals surface area contributed by atoms with E-state index in [0.717, 1.165) is 12.8 Å². The van der Waals surface area contributed by atoms with Crippen LogP contribution in [0.2, 0.25) is 0 Å². The molecule has 0 aromatic carbocycles. The summed E-state index contributed by atoms with van der Waals surface area (Å²) in [5.74, 6) is 0.720. The van der Waals surface area contributed by atoms with Gasteiger partial charge in [-0.25, -0.2) is 0 Å². The van der Waals surface area contributed by atoms with Gasteiger partial charge in [0, 0.05) is 12.1 Å². The number of nitrogens with one attached hydrogen (secondary N) is 1. The molecule has 106 valence electrons. The summed E-state index contributed by atoms with van der Waals surface area (Å²) >= 11 is 5.55. The monoisotopic (exact) mass is 284 g/mol. The fourth-order valence-corrected chi connectivity index (χ4v) is 2.67. The van der Waals surface area contributed by atoms with Crippen LogP contribution in [0.25, 0.3) is 0 Å². The number of nitrogens with zero attached hydrogens (tertiary/aromatic N) is 1. The van der Waals surface area contributed by atoms with Crippen molar-refractivity contribution in [3.63, 3.8) is 0 Å². The van der Waals surface area contributed by atoms with Gasteiger partial charge in [-0.15, -0.1) is 0 Å². The van der Waals surface area contributed by atoms with Gasteiger partial charge < -0.3 is 10.2 Å². The average molecular weight is 285 g/mol. The van der Waals surface area contributed by atoms with Crippen molar-refractivity contribution in [3.05, 3.63) is 11.6 Å². The van der Waals surface area contributed by atoms with E-state index in [4.69, 9.17) is 11.6 Å². The van der Waals surface area contributed by atoms with Crippen LogP contribution in [-0.4, -0.2) is 35.3 Å². The Balaban J connectivity index is 2.15. The van der Waals surface area contributed by atoms with E-state index in [1.165, 1.54) is 5.54 Å². The van der Waals surface area contributed by atoms with Crippen molar-refractivity contribution < 1.29 is 9.59 Å². The number of halogens is 1. The summed E-state index contributed by atoms with van der Waals surface area (Å²) in [5.41, 5.74) is 1.40. The molecule has 1 saturated carbocycles. The van der Waals surface area contributed by atoms with Crippen molar-refractivity contribution in [1.29, 1.82) is 0 Å². The minimum Gasteiger partial charge on any atom is -0.342 e. The largest absolute Gasteiger partial charge is 0.342 e. The molecule has 5 heteroatoms. The molecular weight excluding hydrogens is 264 g/mol. The Bertz CT molecular complexity index is 391. The van der Waals surface area contributed by atoms with Crippen LogP contribution < -0.4 is 5.32 Å². The van der Waals surface area contributed by atoms with Gasteiger partial charge in [-0.1, -0.05) is 31.5 Å². The van der Waals surface area contributed by atoms with Crippen molar-refractivity contribution in [2.45, 2.75) is 45.2 Å². The smallest absolute Gasteiger partial charge is 0.246 e. The zero-order valence-corrected chi connectivity index (χ0v) is 12.2. The summed E-state index contributed by atoms with van der Waals surface area (Å²) in [5, 5.41) is 2.90. The van der Waals surface area contributed by atoms with Crippen molar-refractivity contribution in [3.8, 4) is 0 Å². The normalized spacial score (nSPS) is 28.3. The van der Waals surface area contributed by atoms with Gasteiger partial charge in [-0.05, 0) is 31.1 Å². The van der Waals surface area contributed by atoms with Gasteiger partial charge >= 0.3 is 0 Å². The van der Waals surface area contributed by atoms with Gasteiger partial charge in [-0.3, -0.25) is 9.59 Å². The van der Waals surface area contributed by atoms with Gasteiger partial charge in [-0.2, -0.15) is 0 Å². The molecule has 0 radical (unpaired) electrons. The highest BCUT2D eigenvalue weighted by molar-refractivity contribution is 6.25. The highest BCUT2D eigenvalue weighted by atomic mass is 35.5. The third kappa shape index (κ3) is 3.30. The average Bonchev–Trinajstić information content (AvgIpc) is 3.16. The topological polar surface area (TPSA) is 49.4 Å². The van der Waals surface area contributed by atoms with E-state index in [1.54, 1.807) is 11.0 Å². The molecule has 0 aromatic rings. The SMILES string of the molecule is CC(C)CC1C(=O)NC(C2CC2)C(=O)N1C/C=C/Cl. The molecule has 2 fully saturated rings.